The van der Waals surface area contributed by atoms with E-state index in [0.29, 0.717) is 10.9 Å². The molecule has 0 fully saturated rings. The Balaban J connectivity index is 1.56. The van der Waals surface area contributed by atoms with Crippen LogP contribution in [0.5, 0.6) is 0 Å². The monoisotopic (exact) mass is 518 g/mol. The van der Waals surface area contributed by atoms with E-state index in [-0.39, 0.29) is 0 Å². The van der Waals surface area contributed by atoms with Gasteiger partial charge in [0.2, 0.25) is 0 Å². The summed E-state index contributed by atoms with van der Waals surface area (Å²) in [5.74, 6) is 0.657. The second-order valence-electron chi connectivity index (χ2n) is 8.68. The highest BCUT2D eigenvalue weighted by Crippen LogP contribution is 2.40. The van der Waals surface area contributed by atoms with E-state index in [2.05, 4.69) is 85.1 Å². The number of nitrogens with one attached hydrogen (secondary N) is 2. The standard InChI is InChI=1S/C31H26N4S2/c1-21-13-17-24(18-14-21)28(35-31(36)32-26-19-15-22(2)16-20-26)34-30-27(23-9-5-3-6-10-23)33-29(37-30)25-11-7-4-8-12-25/h3-20H,1-2H3,(H2,32,34,35,36). The van der Waals surface area contributed by atoms with Crippen molar-refractivity contribution in [2.45, 2.75) is 13.8 Å². The molecule has 4 aromatic carbocycles. The van der Waals surface area contributed by atoms with E-state index >= 15 is 0 Å². The summed E-state index contributed by atoms with van der Waals surface area (Å²) in [5.41, 5.74) is 7.15. The lowest BCUT2D eigenvalue weighted by atomic mass is 10.1. The molecule has 5 aromatic rings. The number of amidine groups is 1. The SMILES string of the molecule is Cc1ccc(NC(=S)N/C(=N/c2sc(-c3ccccc3)nc2-c2ccccc2)c2ccc(C)cc2)cc1. The first-order valence-corrected chi connectivity index (χ1v) is 13.2. The molecule has 6 heteroatoms. The fraction of sp³-hybridized carbons (Fsp3) is 0.0645. The van der Waals surface area contributed by atoms with Crippen LogP contribution in [-0.4, -0.2) is 15.9 Å². The summed E-state index contributed by atoms with van der Waals surface area (Å²) in [6, 6.07) is 36.7. The van der Waals surface area contributed by atoms with Gasteiger partial charge < -0.3 is 10.6 Å². The first-order chi connectivity index (χ1) is 18.0. The second-order valence-corrected chi connectivity index (χ2v) is 10.1. The molecule has 37 heavy (non-hydrogen) atoms. The number of thiazole rings is 1. The van der Waals surface area contributed by atoms with Gasteiger partial charge in [0.05, 0.1) is 0 Å². The Morgan fingerprint density at radius 3 is 1.92 bits per heavy atom. The predicted molar refractivity (Wildman–Crippen MR) is 161 cm³/mol. The summed E-state index contributed by atoms with van der Waals surface area (Å²) < 4.78 is 0. The number of aliphatic imine (C=N–C) groups is 1. The number of benzene rings is 4. The Morgan fingerprint density at radius 2 is 1.30 bits per heavy atom. The summed E-state index contributed by atoms with van der Waals surface area (Å²) in [4.78, 5) is 10.1. The molecule has 0 bridgehead atoms. The Kier molecular flexibility index (Phi) is 7.49. The third kappa shape index (κ3) is 6.17. The molecule has 182 valence electrons. The topological polar surface area (TPSA) is 49.3 Å². The average Bonchev–Trinajstić information content (AvgIpc) is 3.35. The molecule has 4 nitrogen and oxygen atoms in total. The number of thiocarbonyl (C=S) groups is 1. The minimum absolute atomic E-state index is 0.470. The molecule has 0 aliphatic rings. The van der Waals surface area contributed by atoms with Gasteiger partial charge in [0.25, 0.3) is 0 Å². The van der Waals surface area contributed by atoms with Crippen LogP contribution in [-0.2, 0) is 0 Å². The van der Waals surface area contributed by atoms with E-state index in [1.807, 2.05) is 48.5 Å². The lowest BCUT2D eigenvalue weighted by Crippen LogP contribution is -2.34. The smallest absolute Gasteiger partial charge is 0.176 e. The Hall–Kier alpha value is -4.13. The molecule has 0 radical (unpaired) electrons. The van der Waals surface area contributed by atoms with E-state index in [9.17, 15) is 0 Å². The van der Waals surface area contributed by atoms with Gasteiger partial charge in [-0.2, -0.15) is 0 Å². The van der Waals surface area contributed by atoms with Crippen molar-refractivity contribution in [1.82, 2.24) is 10.3 Å². The first-order valence-electron chi connectivity index (χ1n) is 12.0. The van der Waals surface area contributed by atoms with Gasteiger partial charge in [-0.05, 0) is 38.2 Å². The van der Waals surface area contributed by atoms with Crippen molar-refractivity contribution < 1.29 is 0 Å². The number of hydrogen-bond donors (Lipinski definition) is 2. The van der Waals surface area contributed by atoms with Gasteiger partial charge in [-0.3, -0.25) is 0 Å². The zero-order valence-electron chi connectivity index (χ0n) is 20.6. The minimum Gasteiger partial charge on any atom is -0.332 e. The van der Waals surface area contributed by atoms with E-state index in [1.165, 1.54) is 11.1 Å². The molecule has 0 amide bonds. The molecule has 0 aliphatic carbocycles. The van der Waals surface area contributed by atoms with E-state index < -0.39 is 0 Å². The van der Waals surface area contributed by atoms with Crippen LogP contribution in [0, 0.1) is 13.8 Å². The molecule has 0 saturated carbocycles. The predicted octanol–water partition coefficient (Wildman–Crippen LogP) is 8.16. The van der Waals surface area contributed by atoms with Gasteiger partial charge in [0.1, 0.15) is 21.5 Å². The zero-order valence-corrected chi connectivity index (χ0v) is 22.2. The van der Waals surface area contributed by atoms with Crippen LogP contribution < -0.4 is 10.6 Å². The van der Waals surface area contributed by atoms with E-state index in [0.717, 1.165) is 38.1 Å². The maximum atomic E-state index is 5.68. The highest BCUT2D eigenvalue weighted by Gasteiger charge is 2.16. The maximum Gasteiger partial charge on any atom is 0.176 e. The fourth-order valence-electron chi connectivity index (χ4n) is 3.76. The molecular formula is C31H26N4S2. The maximum absolute atomic E-state index is 5.68. The molecule has 0 unspecified atom stereocenters. The van der Waals surface area contributed by atoms with E-state index in [4.69, 9.17) is 22.2 Å². The molecule has 2 N–H and O–H groups in total. The van der Waals surface area contributed by atoms with Crippen molar-refractivity contribution in [2.24, 2.45) is 4.99 Å². The first kappa shape index (κ1) is 24.6. The quantitative estimate of drug-likeness (QED) is 0.140. The molecule has 0 atom stereocenters. The number of hydrogen-bond acceptors (Lipinski definition) is 4. The highest BCUT2D eigenvalue weighted by molar-refractivity contribution is 7.80. The number of aryl methyl sites for hydroxylation is 2. The average molecular weight is 519 g/mol. The van der Waals surface area contributed by atoms with Crippen molar-refractivity contribution in [1.29, 1.82) is 0 Å². The van der Waals surface area contributed by atoms with Gasteiger partial charge in [-0.25, -0.2) is 9.98 Å². The van der Waals surface area contributed by atoms with Crippen LogP contribution >= 0.6 is 23.6 Å². The third-order valence-electron chi connectivity index (χ3n) is 5.76. The third-order valence-corrected chi connectivity index (χ3v) is 6.96. The number of aromatic nitrogens is 1. The van der Waals surface area contributed by atoms with Crippen molar-refractivity contribution in [3.8, 4) is 21.8 Å². The largest absolute Gasteiger partial charge is 0.332 e. The number of nitrogens with zero attached hydrogens (tertiary/aromatic N) is 2. The zero-order chi connectivity index (χ0) is 25.6. The van der Waals surface area contributed by atoms with Crippen LogP contribution in [0.25, 0.3) is 21.8 Å². The Bertz CT molecular complexity index is 1520. The van der Waals surface area contributed by atoms with Gasteiger partial charge in [-0.15, -0.1) is 0 Å². The molecular weight excluding hydrogens is 493 g/mol. The van der Waals surface area contributed by atoms with E-state index in [1.54, 1.807) is 11.3 Å². The second kappa shape index (κ2) is 11.3. The summed E-state index contributed by atoms with van der Waals surface area (Å²) in [5, 5.41) is 8.81. The molecule has 5 rings (SSSR count). The summed E-state index contributed by atoms with van der Waals surface area (Å²) in [6.45, 7) is 4.13. The van der Waals surface area contributed by atoms with Crippen molar-refractivity contribution in [3.05, 3.63) is 126 Å². The van der Waals surface area contributed by atoms with Gasteiger partial charge >= 0.3 is 0 Å². The van der Waals surface area contributed by atoms with Gasteiger partial charge in [0.15, 0.2) is 5.11 Å². The lowest BCUT2D eigenvalue weighted by Gasteiger charge is -2.13. The van der Waals surface area contributed by atoms with Crippen LogP contribution in [0.2, 0.25) is 0 Å². The molecule has 1 aromatic heterocycles. The number of rotatable bonds is 5. The van der Waals surface area contributed by atoms with Gasteiger partial charge in [0, 0.05) is 22.4 Å². The van der Waals surface area contributed by atoms with Crippen LogP contribution in [0.1, 0.15) is 16.7 Å². The van der Waals surface area contributed by atoms with Crippen molar-refractivity contribution in [2.75, 3.05) is 5.32 Å². The fourth-order valence-corrected chi connectivity index (χ4v) is 4.95. The van der Waals surface area contributed by atoms with Crippen molar-refractivity contribution >= 4 is 45.2 Å². The van der Waals surface area contributed by atoms with Crippen LogP contribution in [0.3, 0.4) is 0 Å². The van der Waals surface area contributed by atoms with Gasteiger partial charge in [-0.1, -0.05) is 120 Å². The van der Waals surface area contributed by atoms with Crippen LogP contribution in [0.15, 0.2) is 114 Å². The minimum atomic E-state index is 0.470. The number of anilines is 1. The highest BCUT2D eigenvalue weighted by atomic mass is 32.1. The Morgan fingerprint density at radius 1 is 0.730 bits per heavy atom. The summed E-state index contributed by atoms with van der Waals surface area (Å²) in [6.07, 6.45) is 0. The lowest BCUT2D eigenvalue weighted by molar-refractivity contribution is 1.32. The summed E-state index contributed by atoms with van der Waals surface area (Å²) in [7, 11) is 0. The molecule has 0 aliphatic heterocycles. The molecule has 0 saturated heterocycles. The summed E-state index contributed by atoms with van der Waals surface area (Å²) >= 11 is 7.24. The molecule has 0 spiro atoms. The molecule has 1 heterocycles. The van der Waals surface area contributed by atoms with Crippen molar-refractivity contribution in [3.63, 3.8) is 0 Å². The Labute approximate surface area is 226 Å². The van der Waals surface area contributed by atoms with Crippen LogP contribution in [0.4, 0.5) is 10.7 Å². The normalized spacial score (nSPS) is 11.2.